The first-order valence-corrected chi connectivity index (χ1v) is 4.36. The van der Waals surface area contributed by atoms with Crippen LogP contribution in [0.25, 0.3) is 4.95 Å². The highest BCUT2D eigenvalue weighted by Crippen LogP contribution is 2.09. The fourth-order valence-electron chi connectivity index (χ4n) is 0.830. The van der Waals surface area contributed by atoms with Gasteiger partial charge in [0.2, 0.25) is 0 Å². The van der Waals surface area contributed by atoms with Crippen LogP contribution in [-0.4, -0.2) is 23.7 Å². The molecule has 0 aliphatic carbocycles. The van der Waals surface area contributed by atoms with E-state index in [0.717, 1.165) is 13.0 Å². The lowest BCUT2D eigenvalue weighted by atomic mass is 10.4. The van der Waals surface area contributed by atoms with E-state index in [2.05, 4.69) is 10.4 Å². The highest BCUT2D eigenvalue weighted by atomic mass is 32.2. The minimum absolute atomic E-state index is 0.113. The monoisotopic (exact) mass is 157 g/mol. The van der Waals surface area contributed by atoms with Crippen LogP contribution in [0.5, 0.6) is 0 Å². The van der Waals surface area contributed by atoms with E-state index in [0.29, 0.717) is 6.42 Å². The maximum Gasteiger partial charge on any atom is 0.393 e. The highest BCUT2D eigenvalue weighted by molar-refractivity contribution is 8.03. The van der Waals surface area contributed by atoms with Gasteiger partial charge >= 0.3 is 5.40 Å². The molecule has 0 bridgehead atoms. The third-order valence-electron chi connectivity index (χ3n) is 1.30. The van der Waals surface area contributed by atoms with Crippen LogP contribution in [0.3, 0.4) is 0 Å². The zero-order valence-corrected chi connectivity index (χ0v) is 6.65. The van der Waals surface area contributed by atoms with Crippen LogP contribution in [0.2, 0.25) is 0 Å². The molecule has 0 aromatic carbocycles. The molecule has 1 rings (SSSR count). The summed E-state index contributed by atoms with van der Waals surface area (Å²) in [7, 11) is 0. The van der Waals surface area contributed by atoms with Crippen molar-refractivity contribution >= 4 is 17.7 Å². The number of carbonyl (C=O) groups excluding carboxylic acids is 1. The largest absolute Gasteiger partial charge is 0.393 e. The van der Waals surface area contributed by atoms with Crippen molar-refractivity contribution in [3.05, 3.63) is 4.95 Å². The third-order valence-corrected chi connectivity index (χ3v) is 1.57. The number of amides is 1. The average Bonchev–Trinajstić information content (AvgIpc) is 2.31. The molecule has 0 aromatic heterocycles. The summed E-state index contributed by atoms with van der Waals surface area (Å²) in [5.74, 6) is 0.113. The molecule has 0 aromatic rings. The molecular formula is C6H9N2OS+. The molecule has 4 heteroatoms. The molecule has 0 spiro atoms. The zero-order chi connectivity index (χ0) is 7.40. The van der Waals surface area contributed by atoms with Crippen molar-refractivity contribution < 1.29 is 4.79 Å². The number of rotatable bonds is 0. The van der Waals surface area contributed by atoms with E-state index in [9.17, 15) is 4.79 Å². The van der Waals surface area contributed by atoms with Gasteiger partial charge in [0.25, 0.3) is 5.91 Å². The zero-order valence-electron chi connectivity index (χ0n) is 5.83. The molecule has 0 N–H and O–H groups in total. The quantitative estimate of drug-likeness (QED) is 0.493. The Morgan fingerprint density at radius 1 is 1.80 bits per heavy atom. The molecule has 0 atom stereocenters. The molecule has 1 heterocycles. The minimum atomic E-state index is 0.113. The summed E-state index contributed by atoms with van der Waals surface area (Å²) < 4.78 is 0. The number of carbonyl (C=O) groups is 1. The summed E-state index contributed by atoms with van der Waals surface area (Å²) in [5, 5.41) is 4.14. The Morgan fingerprint density at radius 3 is 3.10 bits per heavy atom. The van der Waals surface area contributed by atoms with E-state index < -0.39 is 0 Å². The van der Waals surface area contributed by atoms with Crippen molar-refractivity contribution in [2.24, 2.45) is 0 Å². The molecule has 3 nitrogen and oxygen atoms in total. The maximum absolute atomic E-state index is 10.9. The second-order valence-corrected chi connectivity index (χ2v) is 2.61. The Morgan fingerprint density at radius 2 is 2.60 bits per heavy atom. The summed E-state index contributed by atoms with van der Waals surface area (Å²) in [6.45, 7) is 0.756. The van der Waals surface area contributed by atoms with Gasteiger partial charge in [-0.25, -0.2) is 0 Å². The van der Waals surface area contributed by atoms with Gasteiger partial charge in [0.15, 0.2) is 0 Å². The van der Waals surface area contributed by atoms with Crippen molar-refractivity contribution in [1.29, 1.82) is 0 Å². The van der Waals surface area contributed by atoms with Crippen LogP contribution < -0.4 is 0 Å². The first-order valence-electron chi connectivity index (χ1n) is 3.13. The van der Waals surface area contributed by atoms with E-state index >= 15 is 0 Å². The van der Waals surface area contributed by atoms with Crippen molar-refractivity contribution in [2.75, 3.05) is 12.8 Å². The molecule has 54 valence electrons. The van der Waals surface area contributed by atoms with Gasteiger partial charge in [0.05, 0.1) is 6.54 Å². The highest BCUT2D eigenvalue weighted by Gasteiger charge is 2.27. The predicted octanol–water partition coefficient (Wildman–Crippen LogP) is 1.18. The number of thioether (sulfide) groups is 1. The van der Waals surface area contributed by atoms with E-state index in [1.54, 1.807) is 0 Å². The van der Waals surface area contributed by atoms with Crippen LogP contribution in [0, 0.1) is 5.40 Å². The second kappa shape index (κ2) is 3.47. The summed E-state index contributed by atoms with van der Waals surface area (Å²) in [5.41, 5.74) is 0. The molecule has 0 radical (unpaired) electrons. The van der Waals surface area contributed by atoms with Gasteiger partial charge < -0.3 is 0 Å². The summed E-state index contributed by atoms with van der Waals surface area (Å²) in [4.78, 5) is 14.7. The molecule has 1 saturated heterocycles. The number of hydrogen-bond acceptors (Lipinski definition) is 2. The Balaban J connectivity index is 2.48. The molecule has 1 amide bonds. The SMILES string of the molecule is CSC#[N+]N1CCCC1=O. The Bertz CT molecular complexity index is 194. The van der Waals surface area contributed by atoms with Crippen LogP contribution in [-0.2, 0) is 4.79 Å². The van der Waals surface area contributed by atoms with Gasteiger partial charge in [-0.3, -0.25) is 4.79 Å². The molecule has 0 unspecified atom stereocenters. The van der Waals surface area contributed by atoms with E-state index in [1.807, 2.05) is 6.26 Å². The topological polar surface area (TPSA) is 24.7 Å². The Labute approximate surface area is 64.2 Å². The normalized spacial score (nSPS) is 16.9. The van der Waals surface area contributed by atoms with Crippen molar-refractivity contribution in [1.82, 2.24) is 5.01 Å². The van der Waals surface area contributed by atoms with Crippen LogP contribution >= 0.6 is 11.8 Å². The molecular weight excluding hydrogens is 148 g/mol. The number of nitrogens with zero attached hydrogens (tertiary/aromatic N) is 2. The van der Waals surface area contributed by atoms with Crippen LogP contribution in [0.4, 0.5) is 0 Å². The molecule has 1 fully saturated rings. The van der Waals surface area contributed by atoms with Crippen molar-refractivity contribution in [2.45, 2.75) is 12.8 Å². The fourth-order valence-corrected chi connectivity index (χ4v) is 1.01. The smallest absolute Gasteiger partial charge is 0.268 e. The Kier molecular flexibility index (Phi) is 2.57. The summed E-state index contributed by atoms with van der Waals surface area (Å²) in [6, 6.07) is 0. The van der Waals surface area contributed by atoms with Crippen molar-refractivity contribution in [3.63, 3.8) is 0 Å². The van der Waals surface area contributed by atoms with E-state index in [4.69, 9.17) is 0 Å². The van der Waals surface area contributed by atoms with Gasteiger partial charge in [0, 0.05) is 24.4 Å². The van der Waals surface area contributed by atoms with Gasteiger partial charge in [-0.15, -0.1) is 0 Å². The summed E-state index contributed by atoms with van der Waals surface area (Å²) in [6.07, 6.45) is 3.43. The number of hydrogen-bond donors (Lipinski definition) is 0. The van der Waals surface area contributed by atoms with Crippen LogP contribution in [0.15, 0.2) is 0 Å². The predicted molar refractivity (Wildman–Crippen MR) is 41.7 cm³/mol. The molecule has 1 aliphatic heterocycles. The Hall–Kier alpha value is -0.690. The average molecular weight is 157 g/mol. The van der Waals surface area contributed by atoms with Crippen LogP contribution in [0.1, 0.15) is 12.8 Å². The lowest BCUT2D eigenvalue weighted by Crippen LogP contribution is -2.14. The van der Waals surface area contributed by atoms with E-state index in [1.165, 1.54) is 16.8 Å². The maximum atomic E-state index is 10.9. The lowest BCUT2D eigenvalue weighted by molar-refractivity contribution is -0.125. The molecule has 0 saturated carbocycles. The van der Waals surface area contributed by atoms with Gasteiger partial charge in [0.1, 0.15) is 4.95 Å². The minimum Gasteiger partial charge on any atom is -0.268 e. The molecule has 10 heavy (non-hydrogen) atoms. The van der Waals surface area contributed by atoms with Gasteiger partial charge in [-0.1, -0.05) is 0 Å². The standard InChI is InChI=1S/C6H9N2OS/c1-10-5-7-8-4-2-3-6(8)9/h2-4H2,1H3/q+1. The van der Waals surface area contributed by atoms with Crippen molar-refractivity contribution in [3.8, 4) is 5.40 Å². The molecule has 1 aliphatic rings. The fraction of sp³-hybridized carbons (Fsp3) is 0.667. The first-order chi connectivity index (χ1) is 4.84. The summed E-state index contributed by atoms with van der Waals surface area (Å²) >= 11 is 1.38. The van der Waals surface area contributed by atoms with Gasteiger partial charge in [-0.05, 0) is 11.4 Å². The third kappa shape index (κ3) is 1.64. The van der Waals surface area contributed by atoms with E-state index in [-0.39, 0.29) is 5.91 Å². The lowest BCUT2D eigenvalue weighted by Gasteiger charge is -1.86. The second-order valence-electron chi connectivity index (χ2n) is 2.02. The van der Waals surface area contributed by atoms with Gasteiger partial charge in [-0.2, -0.15) is 0 Å². The number of thiocyanates is 1. The first kappa shape index (κ1) is 7.42.